The summed E-state index contributed by atoms with van der Waals surface area (Å²) >= 11 is 0. The third-order valence-corrected chi connectivity index (χ3v) is 3.89. The molecule has 134 valence electrons. The van der Waals surface area contributed by atoms with Gasteiger partial charge in [-0.05, 0) is 56.2 Å². The van der Waals surface area contributed by atoms with Gasteiger partial charge in [0.2, 0.25) is 5.90 Å². The van der Waals surface area contributed by atoms with E-state index in [9.17, 15) is 4.79 Å². The van der Waals surface area contributed by atoms with Gasteiger partial charge in [0.25, 0.3) is 0 Å². The summed E-state index contributed by atoms with van der Waals surface area (Å²) in [5.41, 5.74) is 2.95. The van der Waals surface area contributed by atoms with E-state index in [1.165, 1.54) is 0 Å². The molecule has 0 bridgehead atoms. The first-order valence-corrected chi connectivity index (χ1v) is 8.60. The molecule has 0 N–H and O–H groups in total. The first-order valence-electron chi connectivity index (χ1n) is 8.60. The highest BCUT2D eigenvalue weighted by Gasteiger charge is 2.25. The van der Waals surface area contributed by atoms with Crippen LogP contribution in [-0.2, 0) is 9.53 Å². The maximum Gasteiger partial charge on any atom is 0.363 e. The average molecular weight is 351 g/mol. The van der Waals surface area contributed by atoms with Crippen molar-refractivity contribution in [1.29, 1.82) is 0 Å². The lowest BCUT2D eigenvalue weighted by Crippen LogP contribution is -2.06. The van der Waals surface area contributed by atoms with Crippen LogP contribution in [0.5, 0.6) is 11.5 Å². The van der Waals surface area contributed by atoms with Gasteiger partial charge in [0.15, 0.2) is 17.2 Å². The minimum atomic E-state index is -0.463. The molecule has 0 fully saturated rings. The number of nitrogens with zero attached hydrogens (tertiary/aromatic N) is 1. The Balaban J connectivity index is 1.93. The van der Waals surface area contributed by atoms with Crippen LogP contribution in [0.15, 0.2) is 53.2 Å². The SMILES string of the molecule is CCOc1ccc(C2=N/C(=C/c3ccccc3C)C(=O)O2)cc1OCC. The van der Waals surface area contributed by atoms with E-state index in [4.69, 9.17) is 14.2 Å². The molecule has 0 saturated heterocycles. The van der Waals surface area contributed by atoms with Gasteiger partial charge in [-0.3, -0.25) is 0 Å². The van der Waals surface area contributed by atoms with Crippen molar-refractivity contribution in [3.8, 4) is 11.5 Å². The van der Waals surface area contributed by atoms with Gasteiger partial charge in [0.05, 0.1) is 13.2 Å². The number of hydrogen-bond acceptors (Lipinski definition) is 5. The molecule has 3 rings (SSSR count). The summed E-state index contributed by atoms with van der Waals surface area (Å²) in [5, 5.41) is 0. The van der Waals surface area contributed by atoms with Crippen LogP contribution in [-0.4, -0.2) is 25.1 Å². The van der Waals surface area contributed by atoms with Crippen molar-refractivity contribution in [2.45, 2.75) is 20.8 Å². The molecule has 0 radical (unpaired) electrons. The van der Waals surface area contributed by atoms with Crippen molar-refractivity contribution in [2.75, 3.05) is 13.2 Å². The molecule has 2 aromatic carbocycles. The molecule has 26 heavy (non-hydrogen) atoms. The third-order valence-electron chi connectivity index (χ3n) is 3.89. The number of ether oxygens (including phenoxy) is 3. The van der Waals surface area contributed by atoms with Crippen LogP contribution in [0.3, 0.4) is 0 Å². The van der Waals surface area contributed by atoms with Gasteiger partial charge in [-0.25, -0.2) is 9.79 Å². The molecule has 5 heteroatoms. The highest BCUT2D eigenvalue weighted by Crippen LogP contribution is 2.30. The third kappa shape index (κ3) is 3.77. The minimum absolute atomic E-state index is 0.263. The molecule has 1 aliphatic rings. The van der Waals surface area contributed by atoms with Crippen LogP contribution in [0, 0.1) is 6.92 Å². The molecule has 0 unspecified atom stereocenters. The van der Waals surface area contributed by atoms with Gasteiger partial charge in [-0.1, -0.05) is 24.3 Å². The number of aryl methyl sites for hydroxylation is 1. The largest absolute Gasteiger partial charge is 0.490 e. The first kappa shape index (κ1) is 17.7. The van der Waals surface area contributed by atoms with Gasteiger partial charge < -0.3 is 14.2 Å². The number of carbonyl (C=O) groups is 1. The standard InChI is InChI=1S/C21H21NO4/c1-4-24-18-11-10-16(13-19(18)25-5-2)20-22-17(21(23)26-20)12-15-9-7-6-8-14(15)3/h6-13H,4-5H2,1-3H3/b17-12+. The van der Waals surface area contributed by atoms with Crippen molar-refractivity contribution in [3.05, 3.63) is 64.9 Å². The van der Waals surface area contributed by atoms with Gasteiger partial charge in [-0.2, -0.15) is 0 Å². The summed E-state index contributed by atoms with van der Waals surface area (Å²) in [5.74, 6) is 1.05. The van der Waals surface area contributed by atoms with E-state index in [1.807, 2.05) is 45.0 Å². The maximum atomic E-state index is 12.2. The Morgan fingerprint density at radius 3 is 2.50 bits per heavy atom. The van der Waals surface area contributed by atoms with Gasteiger partial charge in [-0.15, -0.1) is 0 Å². The van der Waals surface area contributed by atoms with Crippen LogP contribution >= 0.6 is 0 Å². The van der Waals surface area contributed by atoms with Crippen molar-refractivity contribution in [2.24, 2.45) is 4.99 Å². The van der Waals surface area contributed by atoms with Crippen molar-refractivity contribution in [3.63, 3.8) is 0 Å². The molecule has 1 aliphatic heterocycles. The van der Waals surface area contributed by atoms with Crippen molar-refractivity contribution >= 4 is 17.9 Å². The molecule has 0 spiro atoms. The molecule has 2 aromatic rings. The molecule has 0 aromatic heterocycles. The first-order chi connectivity index (χ1) is 12.6. The maximum absolute atomic E-state index is 12.2. The number of benzene rings is 2. The number of esters is 1. The molecule has 0 amide bonds. The average Bonchev–Trinajstić information content (AvgIpc) is 2.99. The fraction of sp³-hybridized carbons (Fsp3) is 0.238. The number of hydrogen-bond donors (Lipinski definition) is 0. The van der Waals surface area contributed by atoms with E-state index in [0.29, 0.717) is 30.3 Å². The fourth-order valence-corrected chi connectivity index (χ4v) is 2.61. The Kier molecular flexibility index (Phi) is 5.37. The number of cyclic esters (lactones) is 1. The number of rotatable bonds is 6. The summed E-state index contributed by atoms with van der Waals surface area (Å²) < 4.78 is 16.5. The second-order valence-electron chi connectivity index (χ2n) is 5.72. The molecule has 5 nitrogen and oxygen atoms in total. The van der Waals surface area contributed by atoms with Gasteiger partial charge in [0, 0.05) is 5.56 Å². The molecule has 0 saturated carbocycles. The van der Waals surface area contributed by atoms with E-state index in [-0.39, 0.29) is 11.6 Å². The van der Waals surface area contributed by atoms with Crippen LogP contribution in [0.4, 0.5) is 0 Å². The zero-order valence-electron chi connectivity index (χ0n) is 15.1. The Bertz CT molecular complexity index is 883. The minimum Gasteiger partial charge on any atom is -0.490 e. The Morgan fingerprint density at radius 1 is 1.04 bits per heavy atom. The Labute approximate surface area is 152 Å². The predicted molar refractivity (Wildman–Crippen MR) is 101 cm³/mol. The number of carbonyl (C=O) groups excluding carboxylic acids is 1. The molecule has 1 heterocycles. The molecule has 0 atom stereocenters. The second-order valence-corrected chi connectivity index (χ2v) is 5.72. The molecular formula is C21H21NO4. The van der Waals surface area contributed by atoms with Crippen molar-refractivity contribution in [1.82, 2.24) is 0 Å². The van der Waals surface area contributed by atoms with Crippen LogP contribution in [0.2, 0.25) is 0 Å². The molecular weight excluding hydrogens is 330 g/mol. The summed E-state index contributed by atoms with van der Waals surface area (Å²) in [4.78, 5) is 16.6. The van der Waals surface area contributed by atoms with E-state index in [1.54, 1.807) is 24.3 Å². The lowest BCUT2D eigenvalue weighted by Gasteiger charge is -2.11. The van der Waals surface area contributed by atoms with Crippen LogP contribution in [0.25, 0.3) is 6.08 Å². The number of aliphatic imine (C=N–C) groups is 1. The molecule has 0 aliphatic carbocycles. The van der Waals surface area contributed by atoms with E-state index in [2.05, 4.69) is 4.99 Å². The van der Waals surface area contributed by atoms with Gasteiger partial charge in [0.1, 0.15) is 0 Å². The van der Waals surface area contributed by atoms with Crippen LogP contribution in [0.1, 0.15) is 30.5 Å². The van der Waals surface area contributed by atoms with Crippen molar-refractivity contribution < 1.29 is 19.0 Å². The fourth-order valence-electron chi connectivity index (χ4n) is 2.61. The van der Waals surface area contributed by atoms with E-state index >= 15 is 0 Å². The lowest BCUT2D eigenvalue weighted by molar-refractivity contribution is -0.129. The predicted octanol–water partition coefficient (Wildman–Crippen LogP) is 4.14. The summed E-state index contributed by atoms with van der Waals surface area (Å²) in [6, 6.07) is 13.2. The topological polar surface area (TPSA) is 57.1 Å². The Morgan fingerprint density at radius 2 is 1.77 bits per heavy atom. The van der Waals surface area contributed by atoms with E-state index < -0.39 is 5.97 Å². The zero-order valence-corrected chi connectivity index (χ0v) is 15.1. The summed E-state index contributed by atoms with van der Waals surface area (Å²) in [7, 11) is 0. The van der Waals surface area contributed by atoms with Gasteiger partial charge >= 0.3 is 5.97 Å². The normalized spacial score (nSPS) is 15.0. The van der Waals surface area contributed by atoms with Crippen LogP contribution < -0.4 is 9.47 Å². The second kappa shape index (κ2) is 7.87. The van der Waals surface area contributed by atoms with E-state index in [0.717, 1.165) is 11.1 Å². The zero-order chi connectivity index (χ0) is 18.5. The summed E-state index contributed by atoms with van der Waals surface area (Å²) in [6.45, 7) is 6.85. The quantitative estimate of drug-likeness (QED) is 0.580. The monoisotopic (exact) mass is 351 g/mol. The summed E-state index contributed by atoms with van der Waals surface area (Å²) in [6.07, 6.45) is 1.74. The Hall–Kier alpha value is -3.08. The smallest absolute Gasteiger partial charge is 0.363 e. The highest BCUT2D eigenvalue weighted by atomic mass is 16.6. The lowest BCUT2D eigenvalue weighted by atomic mass is 10.1. The highest BCUT2D eigenvalue weighted by molar-refractivity contribution is 6.13.